The van der Waals surface area contributed by atoms with E-state index in [-0.39, 0.29) is 0 Å². The lowest BCUT2D eigenvalue weighted by Gasteiger charge is -2.11. The van der Waals surface area contributed by atoms with Crippen LogP contribution in [0.4, 0.5) is 5.95 Å². The van der Waals surface area contributed by atoms with Gasteiger partial charge in [-0.05, 0) is 6.42 Å². The van der Waals surface area contributed by atoms with Crippen LogP contribution in [0.15, 0.2) is 12.3 Å². The van der Waals surface area contributed by atoms with Gasteiger partial charge in [-0.15, -0.1) is 0 Å². The molecule has 0 radical (unpaired) electrons. The molecule has 5 heteroatoms. The minimum absolute atomic E-state index is 0.350. The van der Waals surface area contributed by atoms with Gasteiger partial charge in [-0.1, -0.05) is 32.4 Å². The molecule has 0 spiro atoms. The molecule has 2 aromatic heterocycles. The summed E-state index contributed by atoms with van der Waals surface area (Å²) in [7, 11) is 0. The molecular weight excluding hydrogens is 236 g/mol. The molecule has 92 valence electrons. The first-order valence-corrected chi connectivity index (χ1v) is 6.29. The van der Waals surface area contributed by atoms with Crippen LogP contribution in [0.25, 0.3) is 5.52 Å². The van der Waals surface area contributed by atoms with E-state index < -0.39 is 0 Å². The van der Waals surface area contributed by atoms with Gasteiger partial charge in [0.1, 0.15) is 11.0 Å². The average Bonchev–Trinajstić information content (AvgIpc) is 2.69. The van der Waals surface area contributed by atoms with E-state index in [0.29, 0.717) is 11.1 Å². The highest BCUT2D eigenvalue weighted by Gasteiger charge is 2.12. The third kappa shape index (κ3) is 2.36. The van der Waals surface area contributed by atoms with Gasteiger partial charge in [-0.3, -0.25) is 4.40 Å². The number of nitrogens with one attached hydrogen (secondary N) is 1. The number of hydrogen-bond donors (Lipinski definition) is 1. The van der Waals surface area contributed by atoms with Gasteiger partial charge in [0, 0.05) is 18.5 Å². The Bertz CT molecular complexity index is 518. The van der Waals surface area contributed by atoms with Gasteiger partial charge in [0.05, 0.1) is 11.7 Å². The van der Waals surface area contributed by atoms with Gasteiger partial charge in [0.25, 0.3) is 0 Å². The summed E-state index contributed by atoms with van der Waals surface area (Å²) in [6.45, 7) is 7.23. The highest BCUT2D eigenvalue weighted by molar-refractivity contribution is 6.29. The van der Waals surface area contributed by atoms with E-state index in [1.807, 2.05) is 16.7 Å². The van der Waals surface area contributed by atoms with Crippen molar-refractivity contribution < 1.29 is 0 Å². The molecule has 0 saturated heterocycles. The number of fused-ring (bicyclic) bond motifs is 1. The zero-order valence-electron chi connectivity index (χ0n) is 10.4. The maximum Gasteiger partial charge on any atom is 0.210 e. The highest BCUT2D eigenvalue weighted by atomic mass is 35.5. The first-order chi connectivity index (χ1) is 8.13. The molecule has 2 rings (SSSR count). The smallest absolute Gasteiger partial charge is 0.210 e. The quantitative estimate of drug-likeness (QED) is 0.849. The van der Waals surface area contributed by atoms with Crippen molar-refractivity contribution in [3.63, 3.8) is 0 Å². The molecule has 0 fully saturated rings. The Morgan fingerprint density at radius 3 is 2.88 bits per heavy atom. The Balaban J connectivity index is 2.57. The molecule has 2 heterocycles. The van der Waals surface area contributed by atoms with Crippen LogP contribution in [-0.2, 0) is 0 Å². The van der Waals surface area contributed by atoms with Crippen LogP contribution >= 0.6 is 11.6 Å². The second-order valence-electron chi connectivity index (χ2n) is 4.36. The fourth-order valence-electron chi connectivity index (χ4n) is 1.78. The Morgan fingerprint density at radius 1 is 1.47 bits per heavy atom. The van der Waals surface area contributed by atoms with Crippen LogP contribution in [0.2, 0.25) is 5.15 Å². The third-order valence-corrected chi connectivity index (χ3v) is 2.75. The molecule has 0 bridgehead atoms. The molecule has 0 aliphatic carbocycles. The summed E-state index contributed by atoms with van der Waals surface area (Å²) in [4.78, 5) is 8.76. The van der Waals surface area contributed by atoms with Crippen molar-refractivity contribution >= 4 is 23.1 Å². The summed E-state index contributed by atoms with van der Waals surface area (Å²) in [5, 5.41) is 3.78. The van der Waals surface area contributed by atoms with E-state index in [9.17, 15) is 0 Å². The predicted octanol–water partition coefficient (Wildman–Crippen LogP) is 3.33. The van der Waals surface area contributed by atoms with Gasteiger partial charge in [0.2, 0.25) is 5.95 Å². The Labute approximate surface area is 106 Å². The molecule has 0 aliphatic rings. The lowest BCUT2D eigenvalue weighted by molar-refractivity contribution is 0.764. The molecule has 0 saturated carbocycles. The molecule has 1 N–H and O–H groups in total. The third-order valence-electron chi connectivity index (χ3n) is 2.56. The van der Waals surface area contributed by atoms with E-state index in [1.54, 1.807) is 0 Å². The van der Waals surface area contributed by atoms with E-state index in [0.717, 1.165) is 30.3 Å². The maximum atomic E-state index is 6.00. The van der Waals surface area contributed by atoms with Gasteiger partial charge in [-0.2, -0.15) is 0 Å². The van der Waals surface area contributed by atoms with Crippen LogP contribution in [-0.4, -0.2) is 20.9 Å². The van der Waals surface area contributed by atoms with Gasteiger partial charge in [0.15, 0.2) is 0 Å². The minimum atomic E-state index is 0.350. The molecule has 0 atom stereocenters. The summed E-state index contributed by atoms with van der Waals surface area (Å²) in [6.07, 6.45) is 2.88. The number of nitrogens with zero attached hydrogens (tertiary/aromatic N) is 3. The van der Waals surface area contributed by atoms with Crippen molar-refractivity contribution in [2.24, 2.45) is 0 Å². The Kier molecular flexibility index (Phi) is 3.52. The number of halogens is 1. The summed E-state index contributed by atoms with van der Waals surface area (Å²) in [5.74, 6) is 2.13. The van der Waals surface area contributed by atoms with Crippen molar-refractivity contribution in [2.75, 3.05) is 11.9 Å². The van der Waals surface area contributed by atoms with Crippen molar-refractivity contribution in [1.29, 1.82) is 0 Å². The predicted molar refractivity (Wildman–Crippen MR) is 70.9 cm³/mol. The zero-order chi connectivity index (χ0) is 12.4. The molecule has 4 nitrogen and oxygen atoms in total. The number of imidazole rings is 1. The number of hydrogen-bond acceptors (Lipinski definition) is 3. The minimum Gasteiger partial charge on any atom is -0.355 e. The van der Waals surface area contributed by atoms with Crippen LogP contribution in [0.1, 0.15) is 38.9 Å². The van der Waals surface area contributed by atoms with Gasteiger partial charge in [-0.25, -0.2) is 9.97 Å². The fourth-order valence-corrected chi connectivity index (χ4v) is 1.97. The van der Waals surface area contributed by atoms with Gasteiger partial charge < -0.3 is 5.32 Å². The summed E-state index contributed by atoms with van der Waals surface area (Å²) < 4.78 is 2.03. The Hall–Kier alpha value is -1.29. The molecule has 17 heavy (non-hydrogen) atoms. The number of anilines is 1. The fraction of sp³-hybridized carbons (Fsp3) is 0.500. The summed E-state index contributed by atoms with van der Waals surface area (Å²) in [6, 6.07) is 1.83. The molecular formula is C12H17ClN4. The number of aromatic nitrogens is 3. The second-order valence-corrected chi connectivity index (χ2v) is 4.75. The topological polar surface area (TPSA) is 42.2 Å². The van der Waals surface area contributed by atoms with Crippen LogP contribution in [0.5, 0.6) is 0 Å². The summed E-state index contributed by atoms with van der Waals surface area (Å²) >= 11 is 6.00. The molecule has 0 amide bonds. The van der Waals surface area contributed by atoms with Crippen LogP contribution in [0, 0.1) is 0 Å². The van der Waals surface area contributed by atoms with Crippen LogP contribution in [0.3, 0.4) is 0 Å². The molecule has 0 unspecified atom stereocenters. The lowest BCUT2D eigenvalue weighted by Crippen LogP contribution is -2.10. The van der Waals surface area contributed by atoms with E-state index in [1.165, 1.54) is 0 Å². The number of rotatable bonds is 4. The standard InChI is InChI=1S/C12H17ClN4/c1-4-5-14-12-16-10(13)6-9-7-15-11(8(2)3)17(9)12/h6-8H,4-5H2,1-3H3,(H,14,16). The molecule has 0 aromatic carbocycles. The zero-order valence-corrected chi connectivity index (χ0v) is 11.1. The van der Waals surface area contributed by atoms with Crippen molar-refractivity contribution in [3.8, 4) is 0 Å². The SMILES string of the molecule is CCCNc1nc(Cl)cc2cnc(C(C)C)n12. The summed E-state index contributed by atoms with van der Waals surface area (Å²) in [5.41, 5.74) is 0.979. The lowest BCUT2D eigenvalue weighted by atomic mass is 10.2. The van der Waals surface area contributed by atoms with E-state index in [2.05, 4.69) is 36.1 Å². The monoisotopic (exact) mass is 252 g/mol. The Morgan fingerprint density at radius 2 is 2.24 bits per heavy atom. The maximum absolute atomic E-state index is 6.00. The van der Waals surface area contributed by atoms with Crippen molar-refractivity contribution in [1.82, 2.24) is 14.4 Å². The van der Waals surface area contributed by atoms with Crippen molar-refractivity contribution in [2.45, 2.75) is 33.1 Å². The van der Waals surface area contributed by atoms with Crippen LogP contribution < -0.4 is 5.32 Å². The van der Waals surface area contributed by atoms with Crippen molar-refractivity contribution in [3.05, 3.63) is 23.2 Å². The second kappa shape index (κ2) is 4.92. The largest absolute Gasteiger partial charge is 0.355 e. The molecule has 0 aliphatic heterocycles. The van der Waals surface area contributed by atoms with Gasteiger partial charge >= 0.3 is 0 Å². The average molecular weight is 253 g/mol. The first kappa shape index (κ1) is 12.2. The first-order valence-electron chi connectivity index (χ1n) is 5.91. The van der Waals surface area contributed by atoms with E-state index >= 15 is 0 Å². The normalized spacial score (nSPS) is 11.4. The highest BCUT2D eigenvalue weighted by Crippen LogP contribution is 2.22. The van der Waals surface area contributed by atoms with E-state index in [4.69, 9.17) is 11.6 Å². The molecule has 2 aromatic rings.